The van der Waals surface area contributed by atoms with Crippen molar-refractivity contribution >= 4 is 17.3 Å². The molecule has 5 heteroatoms. The summed E-state index contributed by atoms with van der Waals surface area (Å²) in [6, 6.07) is 7.67. The summed E-state index contributed by atoms with van der Waals surface area (Å²) in [5.41, 5.74) is 8.14. The van der Waals surface area contributed by atoms with Crippen molar-refractivity contribution in [1.29, 1.82) is 0 Å². The lowest BCUT2D eigenvalue weighted by Crippen LogP contribution is -2.18. The first kappa shape index (κ1) is 15.7. The van der Waals surface area contributed by atoms with Gasteiger partial charge < -0.3 is 11.1 Å². The topological polar surface area (TPSA) is 63.8 Å². The summed E-state index contributed by atoms with van der Waals surface area (Å²) in [6.07, 6.45) is 1.82. The highest BCUT2D eigenvalue weighted by Crippen LogP contribution is 2.29. The second-order valence-corrected chi connectivity index (χ2v) is 6.37. The first-order chi connectivity index (χ1) is 9.91. The van der Waals surface area contributed by atoms with E-state index in [4.69, 9.17) is 22.3 Å². The van der Waals surface area contributed by atoms with E-state index in [9.17, 15) is 0 Å². The predicted octanol–water partition coefficient (Wildman–Crippen LogP) is 3.47. The lowest BCUT2D eigenvalue weighted by Gasteiger charge is -2.19. The Labute approximate surface area is 130 Å². The maximum atomic E-state index is 6.10. The molecule has 21 heavy (non-hydrogen) atoms. The molecule has 0 saturated carbocycles. The molecule has 1 heterocycles. The molecule has 0 aliphatic carbocycles. The van der Waals surface area contributed by atoms with Crippen LogP contribution in [0.1, 0.15) is 26.6 Å². The summed E-state index contributed by atoms with van der Waals surface area (Å²) in [7, 11) is 0. The van der Waals surface area contributed by atoms with Gasteiger partial charge in [0.1, 0.15) is 5.82 Å². The lowest BCUT2D eigenvalue weighted by molar-refractivity contribution is 0.546. The number of nitrogens with zero attached hydrogens (tertiary/aromatic N) is 2. The molecule has 0 atom stereocenters. The van der Waals surface area contributed by atoms with E-state index in [1.807, 2.05) is 30.5 Å². The fourth-order valence-electron chi connectivity index (χ4n) is 1.94. The third kappa shape index (κ3) is 3.93. The molecule has 2 aromatic rings. The van der Waals surface area contributed by atoms with E-state index < -0.39 is 0 Å². The van der Waals surface area contributed by atoms with Crippen LogP contribution in [0.15, 0.2) is 30.5 Å². The number of nitrogens with two attached hydrogens (primary N) is 1. The van der Waals surface area contributed by atoms with Crippen LogP contribution in [-0.2, 0) is 5.41 Å². The van der Waals surface area contributed by atoms with Crippen molar-refractivity contribution in [3.05, 3.63) is 41.3 Å². The van der Waals surface area contributed by atoms with Crippen LogP contribution in [0.5, 0.6) is 0 Å². The van der Waals surface area contributed by atoms with Gasteiger partial charge in [-0.25, -0.2) is 9.97 Å². The highest BCUT2D eigenvalue weighted by atomic mass is 35.5. The highest BCUT2D eigenvalue weighted by molar-refractivity contribution is 6.30. The largest absolute Gasteiger partial charge is 0.381 e. The van der Waals surface area contributed by atoms with Crippen molar-refractivity contribution in [3.8, 4) is 11.3 Å². The van der Waals surface area contributed by atoms with Crippen LogP contribution in [0.3, 0.4) is 0 Å². The van der Waals surface area contributed by atoms with Gasteiger partial charge in [0.15, 0.2) is 0 Å². The Morgan fingerprint density at radius 1 is 1.29 bits per heavy atom. The molecule has 0 spiro atoms. The number of rotatable bonds is 4. The van der Waals surface area contributed by atoms with E-state index in [0.717, 1.165) is 22.8 Å². The third-order valence-electron chi connectivity index (χ3n) is 3.02. The number of nitrogens with one attached hydrogen (secondary N) is 1. The molecule has 0 amide bonds. The van der Waals surface area contributed by atoms with Gasteiger partial charge in [-0.1, -0.05) is 44.5 Å². The Hall–Kier alpha value is -1.65. The zero-order chi connectivity index (χ0) is 15.5. The van der Waals surface area contributed by atoms with Crippen LogP contribution in [-0.4, -0.2) is 23.1 Å². The van der Waals surface area contributed by atoms with E-state index in [-0.39, 0.29) is 5.41 Å². The van der Waals surface area contributed by atoms with Crippen molar-refractivity contribution in [3.63, 3.8) is 0 Å². The number of hydrogen-bond donors (Lipinski definition) is 2. The fourth-order valence-corrected chi connectivity index (χ4v) is 2.13. The Bertz CT molecular complexity index is 620. The number of aromatic nitrogens is 2. The second-order valence-electron chi connectivity index (χ2n) is 5.93. The van der Waals surface area contributed by atoms with Crippen LogP contribution in [0.25, 0.3) is 11.3 Å². The molecule has 0 bridgehead atoms. The number of halogens is 1. The van der Waals surface area contributed by atoms with Gasteiger partial charge in [0, 0.05) is 29.1 Å². The van der Waals surface area contributed by atoms with Gasteiger partial charge in [0.2, 0.25) is 0 Å². The summed E-state index contributed by atoms with van der Waals surface area (Å²) >= 11 is 6.10. The number of hydrogen-bond acceptors (Lipinski definition) is 4. The molecule has 3 N–H and O–H groups in total. The van der Waals surface area contributed by atoms with E-state index in [2.05, 4.69) is 31.1 Å². The van der Waals surface area contributed by atoms with E-state index >= 15 is 0 Å². The quantitative estimate of drug-likeness (QED) is 0.908. The lowest BCUT2D eigenvalue weighted by atomic mass is 9.95. The van der Waals surface area contributed by atoms with Gasteiger partial charge in [-0.05, 0) is 12.1 Å². The average molecular weight is 305 g/mol. The molecule has 0 saturated heterocycles. The minimum absolute atomic E-state index is 0.111. The van der Waals surface area contributed by atoms with Gasteiger partial charge in [0.25, 0.3) is 0 Å². The van der Waals surface area contributed by atoms with E-state index in [1.54, 1.807) is 0 Å². The Kier molecular flexibility index (Phi) is 4.80. The molecular formula is C16H21ClN4. The first-order valence-corrected chi connectivity index (χ1v) is 7.37. The summed E-state index contributed by atoms with van der Waals surface area (Å²) in [5, 5.41) is 3.95. The smallest absolute Gasteiger partial charge is 0.134 e. The second kappa shape index (κ2) is 6.41. The van der Waals surface area contributed by atoms with Gasteiger partial charge in [0.05, 0.1) is 17.6 Å². The minimum atomic E-state index is -0.111. The van der Waals surface area contributed by atoms with Gasteiger partial charge in [-0.2, -0.15) is 0 Å². The van der Waals surface area contributed by atoms with E-state index in [0.29, 0.717) is 18.1 Å². The van der Waals surface area contributed by atoms with E-state index in [1.165, 1.54) is 0 Å². The number of anilines is 1. The SMILES string of the molecule is CC(C)(C)c1ncc(NCCN)c(-c2cccc(Cl)c2)n1. The van der Waals surface area contributed by atoms with Crippen molar-refractivity contribution in [2.75, 3.05) is 18.4 Å². The molecule has 0 radical (unpaired) electrons. The molecule has 2 rings (SSSR count). The van der Waals surface area contributed by atoms with Crippen molar-refractivity contribution in [2.24, 2.45) is 5.73 Å². The zero-order valence-corrected chi connectivity index (χ0v) is 13.4. The third-order valence-corrected chi connectivity index (χ3v) is 3.25. The van der Waals surface area contributed by atoms with Gasteiger partial charge in [-0.15, -0.1) is 0 Å². The van der Waals surface area contributed by atoms with Gasteiger partial charge in [-0.3, -0.25) is 0 Å². The average Bonchev–Trinajstić information content (AvgIpc) is 2.44. The highest BCUT2D eigenvalue weighted by Gasteiger charge is 2.19. The monoisotopic (exact) mass is 304 g/mol. The van der Waals surface area contributed by atoms with Crippen LogP contribution in [0.2, 0.25) is 5.02 Å². The van der Waals surface area contributed by atoms with Crippen LogP contribution >= 0.6 is 11.6 Å². The molecule has 1 aromatic heterocycles. The minimum Gasteiger partial charge on any atom is -0.381 e. The molecule has 0 unspecified atom stereocenters. The first-order valence-electron chi connectivity index (χ1n) is 6.99. The molecule has 0 aliphatic rings. The molecule has 0 aliphatic heterocycles. The Morgan fingerprint density at radius 3 is 2.67 bits per heavy atom. The maximum absolute atomic E-state index is 6.10. The summed E-state index contributed by atoms with van der Waals surface area (Å²) in [4.78, 5) is 9.20. The van der Waals surface area contributed by atoms with Crippen molar-refractivity contribution in [1.82, 2.24) is 9.97 Å². The zero-order valence-electron chi connectivity index (χ0n) is 12.7. The van der Waals surface area contributed by atoms with Crippen LogP contribution in [0.4, 0.5) is 5.69 Å². The Morgan fingerprint density at radius 2 is 2.05 bits per heavy atom. The summed E-state index contributed by atoms with van der Waals surface area (Å²) in [5.74, 6) is 0.802. The number of benzene rings is 1. The Balaban J connectivity index is 2.52. The molecule has 4 nitrogen and oxygen atoms in total. The maximum Gasteiger partial charge on any atom is 0.134 e. The van der Waals surface area contributed by atoms with Crippen LogP contribution in [0, 0.1) is 0 Å². The molecule has 1 aromatic carbocycles. The normalized spacial score (nSPS) is 11.5. The molecule has 0 fully saturated rings. The van der Waals surface area contributed by atoms with Crippen molar-refractivity contribution in [2.45, 2.75) is 26.2 Å². The fraction of sp³-hybridized carbons (Fsp3) is 0.375. The molecular weight excluding hydrogens is 284 g/mol. The van der Waals surface area contributed by atoms with Gasteiger partial charge >= 0.3 is 0 Å². The van der Waals surface area contributed by atoms with Crippen LogP contribution < -0.4 is 11.1 Å². The summed E-state index contributed by atoms with van der Waals surface area (Å²) in [6.45, 7) is 7.51. The van der Waals surface area contributed by atoms with Crippen molar-refractivity contribution < 1.29 is 0 Å². The standard InChI is InChI=1S/C16H21ClN4/c1-16(2,3)15-20-10-13(19-8-7-18)14(21-15)11-5-4-6-12(17)9-11/h4-6,9-10,19H,7-8,18H2,1-3H3. The predicted molar refractivity (Wildman–Crippen MR) is 88.7 cm³/mol. The molecule has 112 valence electrons. The summed E-state index contributed by atoms with van der Waals surface area (Å²) < 4.78 is 0.